The summed E-state index contributed by atoms with van der Waals surface area (Å²) in [5.41, 5.74) is 0. The van der Waals surface area contributed by atoms with Crippen LogP contribution in [-0.2, 0) is 10.0 Å². The lowest BCUT2D eigenvalue weighted by Crippen LogP contribution is -1.94. The minimum atomic E-state index is -3.52. The maximum absolute atomic E-state index is 12.5. The molecule has 0 saturated carbocycles. The van der Waals surface area contributed by atoms with E-state index < -0.39 is 10.0 Å². The van der Waals surface area contributed by atoms with Crippen LogP contribution in [0.5, 0.6) is 5.75 Å². The Balaban J connectivity index is 2.18. The van der Waals surface area contributed by atoms with E-state index in [1.165, 1.54) is 24.3 Å². The van der Waals surface area contributed by atoms with Gasteiger partial charge in [-0.05, 0) is 24.3 Å². The predicted octanol–water partition coefficient (Wildman–Crippen LogP) is 1.46. The van der Waals surface area contributed by atoms with Gasteiger partial charge in [0.05, 0.1) is 11.6 Å². The molecule has 15 heavy (non-hydrogen) atoms. The van der Waals surface area contributed by atoms with Crippen molar-refractivity contribution in [3.8, 4) is 5.75 Å². The summed E-state index contributed by atoms with van der Waals surface area (Å²) in [4.78, 5) is 0. The zero-order valence-electron chi connectivity index (χ0n) is 7.42. The second-order valence-corrected chi connectivity index (χ2v) is 4.30. The van der Waals surface area contributed by atoms with Crippen LogP contribution in [0.4, 0.5) is 4.39 Å². The summed E-state index contributed by atoms with van der Waals surface area (Å²) >= 11 is 0. The second kappa shape index (κ2) is 3.47. The van der Waals surface area contributed by atoms with Crippen LogP contribution in [0.25, 0.3) is 0 Å². The molecule has 0 saturated heterocycles. The first-order valence-electron chi connectivity index (χ1n) is 4.01. The Morgan fingerprint density at radius 1 is 1.20 bits per heavy atom. The normalized spacial score (nSPS) is 17.5. The lowest BCUT2D eigenvalue weighted by atomic mass is 10.3. The maximum Gasteiger partial charge on any atom is 0.279 e. The summed E-state index contributed by atoms with van der Waals surface area (Å²) in [6.45, 7) is 0. The van der Waals surface area contributed by atoms with E-state index in [0.29, 0.717) is 5.75 Å². The molecule has 1 heterocycles. The average Bonchev–Trinajstić information content (AvgIpc) is 2.50. The van der Waals surface area contributed by atoms with Crippen molar-refractivity contribution in [2.24, 2.45) is 4.40 Å². The topological polar surface area (TPSA) is 55.7 Å². The predicted molar refractivity (Wildman–Crippen MR) is 52.5 cm³/mol. The summed E-state index contributed by atoms with van der Waals surface area (Å²) in [6, 6.07) is 5.23. The Kier molecular flexibility index (Phi) is 2.28. The third kappa shape index (κ3) is 2.41. The first-order valence-corrected chi connectivity index (χ1v) is 5.51. The third-order valence-electron chi connectivity index (χ3n) is 1.64. The van der Waals surface area contributed by atoms with Crippen molar-refractivity contribution in [2.75, 3.05) is 0 Å². The summed E-state index contributed by atoms with van der Waals surface area (Å²) in [5, 5.41) is 0.899. The molecule has 0 unspecified atom stereocenters. The van der Waals surface area contributed by atoms with Crippen molar-refractivity contribution in [3.05, 3.63) is 41.2 Å². The molecule has 1 aromatic carbocycles. The van der Waals surface area contributed by atoms with Gasteiger partial charge in [0.25, 0.3) is 10.0 Å². The number of rotatable bonds is 2. The van der Waals surface area contributed by atoms with Gasteiger partial charge in [-0.25, -0.2) is 4.39 Å². The van der Waals surface area contributed by atoms with Gasteiger partial charge in [-0.1, -0.05) is 0 Å². The Morgan fingerprint density at radius 3 is 2.40 bits per heavy atom. The van der Waals surface area contributed by atoms with Gasteiger partial charge in [-0.2, -0.15) is 12.8 Å². The lowest BCUT2D eigenvalue weighted by Gasteiger charge is -2.01. The van der Waals surface area contributed by atoms with Crippen LogP contribution >= 0.6 is 0 Å². The Labute approximate surface area is 85.8 Å². The molecule has 2 rings (SSSR count). The summed E-state index contributed by atoms with van der Waals surface area (Å²) in [5.74, 6) is 0.0804. The number of nitrogens with zero attached hydrogens (tertiary/aromatic N) is 1. The van der Waals surface area contributed by atoms with Gasteiger partial charge in [0.2, 0.25) is 0 Å². The third-order valence-corrected chi connectivity index (χ3v) is 2.57. The van der Waals surface area contributed by atoms with Crippen LogP contribution in [-0.4, -0.2) is 14.6 Å². The van der Waals surface area contributed by atoms with Crippen LogP contribution in [0.2, 0.25) is 0 Å². The van der Waals surface area contributed by atoms with Crippen LogP contribution < -0.4 is 4.74 Å². The molecule has 1 aliphatic rings. The molecule has 0 radical (unpaired) electrons. The second-order valence-electron chi connectivity index (χ2n) is 2.83. The van der Waals surface area contributed by atoms with Crippen molar-refractivity contribution in [2.45, 2.75) is 0 Å². The minimum absolute atomic E-state index is 0.113. The van der Waals surface area contributed by atoms with E-state index in [-0.39, 0.29) is 11.6 Å². The van der Waals surface area contributed by atoms with Gasteiger partial charge in [-0.15, -0.1) is 0 Å². The van der Waals surface area contributed by atoms with Gasteiger partial charge >= 0.3 is 0 Å². The van der Waals surface area contributed by atoms with Gasteiger partial charge in [0.15, 0.2) is 5.76 Å². The van der Waals surface area contributed by atoms with E-state index >= 15 is 0 Å². The fraction of sp³-hybridized carbons (Fsp3) is 0. The number of hydrogen-bond acceptors (Lipinski definition) is 3. The number of halogens is 1. The smallest absolute Gasteiger partial charge is 0.279 e. The maximum atomic E-state index is 12.5. The van der Waals surface area contributed by atoms with Crippen LogP contribution in [0.3, 0.4) is 0 Å². The largest absolute Gasteiger partial charge is 0.455 e. The van der Waals surface area contributed by atoms with E-state index in [1.807, 2.05) is 0 Å². The molecule has 0 N–H and O–H groups in total. The molecular weight excluding hydrogens is 221 g/mol. The standard InChI is InChI=1S/C9H6FNO3S/c10-7-1-3-8(4-2-7)14-9-5-11-15(12,13)6-9/h1-6H. The lowest BCUT2D eigenvalue weighted by molar-refractivity contribution is 0.457. The quantitative estimate of drug-likeness (QED) is 0.768. The average molecular weight is 227 g/mol. The molecule has 1 aromatic rings. The summed E-state index contributed by atoms with van der Waals surface area (Å²) in [6.07, 6.45) is 1.10. The Hall–Kier alpha value is -1.69. The first-order chi connectivity index (χ1) is 7.05. The molecule has 78 valence electrons. The highest BCUT2D eigenvalue weighted by Gasteiger charge is 2.14. The molecule has 0 aromatic heterocycles. The SMILES string of the molecule is O=S1(=O)C=C(Oc2ccc(F)cc2)C=N1. The van der Waals surface area contributed by atoms with Gasteiger partial charge in [0, 0.05) is 0 Å². The molecule has 0 bridgehead atoms. The van der Waals surface area contributed by atoms with Crippen molar-refractivity contribution in [3.63, 3.8) is 0 Å². The number of sulfonamides is 1. The van der Waals surface area contributed by atoms with E-state index in [0.717, 1.165) is 11.6 Å². The van der Waals surface area contributed by atoms with Crippen molar-refractivity contribution in [1.82, 2.24) is 0 Å². The summed E-state index contributed by atoms with van der Waals surface area (Å²) < 4.78 is 42.6. The Morgan fingerprint density at radius 2 is 1.87 bits per heavy atom. The molecule has 4 nitrogen and oxygen atoms in total. The molecule has 0 spiro atoms. The van der Waals surface area contributed by atoms with Gasteiger partial charge < -0.3 is 4.74 Å². The van der Waals surface area contributed by atoms with E-state index in [9.17, 15) is 12.8 Å². The van der Waals surface area contributed by atoms with E-state index in [1.54, 1.807) is 0 Å². The molecule has 6 heteroatoms. The van der Waals surface area contributed by atoms with Crippen LogP contribution in [0, 0.1) is 5.82 Å². The molecule has 0 aliphatic carbocycles. The monoisotopic (exact) mass is 227 g/mol. The zero-order chi connectivity index (χ0) is 10.9. The minimum Gasteiger partial charge on any atom is -0.455 e. The molecule has 0 fully saturated rings. The van der Waals surface area contributed by atoms with Crippen LogP contribution in [0.15, 0.2) is 39.8 Å². The number of hydrogen-bond donors (Lipinski definition) is 0. The van der Waals surface area contributed by atoms with Crippen molar-refractivity contribution in [1.29, 1.82) is 0 Å². The number of allylic oxidation sites excluding steroid dienone is 1. The molecular formula is C9H6FNO3S. The molecule has 1 aliphatic heterocycles. The van der Waals surface area contributed by atoms with Crippen LogP contribution in [0.1, 0.15) is 0 Å². The van der Waals surface area contributed by atoms with Gasteiger partial charge in [0.1, 0.15) is 11.6 Å². The highest BCUT2D eigenvalue weighted by atomic mass is 32.2. The highest BCUT2D eigenvalue weighted by molar-refractivity contribution is 7.93. The molecule has 0 amide bonds. The van der Waals surface area contributed by atoms with Gasteiger partial charge in [-0.3, -0.25) is 0 Å². The number of ether oxygens (including phenoxy) is 1. The highest BCUT2D eigenvalue weighted by Crippen LogP contribution is 2.17. The van der Waals surface area contributed by atoms with Crippen molar-refractivity contribution < 1.29 is 17.5 Å². The fourth-order valence-corrected chi connectivity index (χ4v) is 1.74. The van der Waals surface area contributed by atoms with E-state index in [4.69, 9.17) is 4.74 Å². The first kappa shape index (κ1) is 9.85. The molecule has 0 atom stereocenters. The Bertz CT molecular complexity index is 531. The summed E-state index contributed by atoms with van der Waals surface area (Å²) in [7, 11) is -3.52. The van der Waals surface area contributed by atoms with Crippen molar-refractivity contribution >= 4 is 16.2 Å². The number of benzene rings is 1. The zero-order valence-corrected chi connectivity index (χ0v) is 8.24. The van der Waals surface area contributed by atoms with E-state index in [2.05, 4.69) is 4.40 Å². The fourth-order valence-electron chi connectivity index (χ4n) is 1.02.